The molecule has 0 spiro atoms. The average molecular weight is 196 g/mol. The third-order valence-electron chi connectivity index (χ3n) is 2.28. The van der Waals surface area contributed by atoms with Crippen LogP contribution in [0.4, 0.5) is 0 Å². The summed E-state index contributed by atoms with van der Waals surface area (Å²) in [6.07, 6.45) is 3.67. The van der Waals surface area contributed by atoms with Gasteiger partial charge in [0.25, 0.3) is 6.04 Å². The minimum atomic E-state index is -0.395. The first-order valence-electron chi connectivity index (χ1n) is 4.52. The Morgan fingerprint density at radius 2 is 2.53 bits per heavy atom. The predicted molar refractivity (Wildman–Crippen MR) is 55.7 cm³/mol. The fourth-order valence-electron chi connectivity index (χ4n) is 1.56. The van der Waals surface area contributed by atoms with Crippen molar-refractivity contribution in [2.45, 2.75) is 12.5 Å². The quantitative estimate of drug-likeness (QED) is 0.750. The maximum absolute atomic E-state index is 8.62. The Kier molecular flexibility index (Phi) is 2.35. The molecular formula is C11H8N4. The Morgan fingerprint density at radius 1 is 1.67 bits per heavy atom. The number of nitrogens with zero attached hydrogens (tertiary/aromatic N) is 3. The standard InChI is InChI=1S/C11H8N4/c1-13-10(4-5-12)9-7-15-11-8(9)3-2-6-14-11/h2-3,6-7,10H,4H2,(H,14,15). The number of aromatic amines is 1. The lowest BCUT2D eigenvalue weighted by Gasteiger charge is -1.98. The molecule has 4 nitrogen and oxygen atoms in total. The first-order chi connectivity index (χ1) is 7.36. The molecule has 72 valence electrons. The van der Waals surface area contributed by atoms with Crippen molar-refractivity contribution >= 4 is 11.0 Å². The Hall–Kier alpha value is -2.33. The third kappa shape index (κ3) is 1.53. The van der Waals surface area contributed by atoms with E-state index in [0.717, 1.165) is 16.6 Å². The Labute approximate surface area is 87.0 Å². The van der Waals surface area contributed by atoms with Gasteiger partial charge >= 0.3 is 0 Å². The van der Waals surface area contributed by atoms with E-state index in [9.17, 15) is 0 Å². The monoisotopic (exact) mass is 196 g/mol. The van der Waals surface area contributed by atoms with Crippen molar-refractivity contribution in [2.75, 3.05) is 0 Å². The van der Waals surface area contributed by atoms with Gasteiger partial charge in [0.1, 0.15) is 12.1 Å². The summed E-state index contributed by atoms with van der Waals surface area (Å²) in [6, 6.07) is 5.36. The summed E-state index contributed by atoms with van der Waals surface area (Å²) in [6.45, 7) is 7.05. The number of nitrogens with one attached hydrogen (secondary N) is 1. The molecule has 2 aromatic rings. The molecule has 1 N–H and O–H groups in total. The van der Waals surface area contributed by atoms with E-state index in [1.54, 1.807) is 12.4 Å². The van der Waals surface area contributed by atoms with Crippen LogP contribution in [0.2, 0.25) is 0 Å². The zero-order valence-electron chi connectivity index (χ0n) is 7.94. The lowest BCUT2D eigenvalue weighted by atomic mass is 10.1. The lowest BCUT2D eigenvalue weighted by Crippen LogP contribution is -1.89. The SMILES string of the molecule is [C-]#[N+]C(CC#N)c1c[nH]c2ncccc12. The molecular weight excluding hydrogens is 188 g/mol. The summed E-state index contributed by atoms with van der Waals surface area (Å²) in [4.78, 5) is 10.6. The zero-order chi connectivity index (χ0) is 10.7. The number of nitriles is 1. The molecule has 1 atom stereocenters. The van der Waals surface area contributed by atoms with Gasteiger partial charge in [0, 0.05) is 17.8 Å². The topological polar surface area (TPSA) is 56.8 Å². The van der Waals surface area contributed by atoms with E-state index < -0.39 is 6.04 Å². The highest BCUT2D eigenvalue weighted by Crippen LogP contribution is 2.27. The molecule has 0 amide bonds. The van der Waals surface area contributed by atoms with Crippen LogP contribution in [0.3, 0.4) is 0 Å². The highest BCUT2D eigenvalue weighted by molar-refractivity contribution is 5.80. The molecule has 0 bridgehead atoms. The second-order valence-electron chi connectivity index (χ2n) is 3.15. The van der Waals surface area contributed by atoms with E-state index in [0.29, 0.717) is 0 Å². The van der Waals surface area contributed by atoms with E-state index in [4.69, 9.17) is 11.8 Å². The van der Waals surface area contributed by atoms with E-state index in [1.807, 2.05) is 18.2 Å². The summed E-state index contributed by atoms with van der Waals surface area (Å²) in [5, 5.41) is 9.54. The Morgan fingerprint density at radius 3 is 3.27 bits per heavy atom. The van der Waals surface area contributed by atoms with E-state index in [1.165, 1.54) is 0 Å². The Balaban J connectivity index is 2.53. The number of H-pyrrole nitrogens is 1. The van der Waals surface area contributed by atoms with Crippen molar-refractivity contribution in [3.8, 4) is 6.07 Å². The first-order valence-corrected chi connectivity index (χ1v) is 4.52. The van der Waals surface area contributed by atoms with Gasteiger partial charge in [0.15, 0.2) is 0 Å². The molecule has 0 fully saturated rings. The molecule has 2 rings (SSSR count). The zero-order valence-corrected chi connectivity index (χ0v) is 7.94. The molecule has 2 aromatic heterocycles. The maximum atomic E-state index is 8.62. The maximum Gasteiger partial charge on any atom is 0.263 e. The van der Waals surface area contributed by atoms with Gasteiger partial charge in [-0.05, 0) is 12.1 Å². The number of aromatic nitrogens is 2. The summed E-state index contributed by atoms with van der Waals surface area (Å²) < 4.78 is 0. The molecule has 2 heterocycles. The van der Waals surface area contributed by atoms with Gasteiger partial charge in [0.2, 0.25) is 0 Å². The Bertz CT molecular complexity index is 556. The van der Waals surface area contributed by atoms with Gasteiger partial charge < -0.3 is 9.83 Å². The minimum Gasteiger partial charge on any atom is -0.346 e. The molecule has 15 heavy (non-hydrogen) atoms. The second kappa shape index (κ2) is 3.81. The summed E-state index contributed by atoms with van der Waals surface area (Å²) in [5.74, 6) is 0. The largest absolute Gasteiger partial charge is 0.346 e. The van der Waals surface area contributed by atoms with Crippen LogP contribution in [0.5, 0.6) is 0 Å². The molecule has 1 unspecified atom stereocenters. The van der Waals surface area contributed by atoms with Crippen molar-refractivity contribution in [2.24, 2.45) is 0 Å². The molecule has 4 heteroatoms. The van der Waals surface area contributed by atoms with Crippen LogP contribution in [0.25, 0.3) is 15.9 Å². The van der Waals surface area contributed by atoms with Gasteiger partial charge in [0.05, 0.1) is 11.6 Å². The molecule has 0 aliphatic rings. The van der Waals surface area contributed by atoms with Crippen LogP contribution >= 0.6 is 0 Å². The number of hydrogen-bond acceptors (Lipinski definition) is 2. The smallest absolute Gasteiger partial charge is 0.263 e. The summed E-state index contributed by atoms with van der Waals surface area (Å²) in [5.41, 5.74) is 1.62. The van der Waals surface area contributed by atoms with E-state index in [2.05, 4.69) is 14.8 Å². The highest BCUT2D eigenvalue weighted by Gasteiger charge is 2.19. The molecule has 0 aliphatic heterocycles. The second-order valence-corrected chi connectivity index (χ2v) is 3.15. The number of fused-ring (bicyclic) bond motifs is 1. The van der Waals surface area contributed by atoms with E-state index >= 15 is 0 Å². The van der Waals surface area contributed by atoms with Crippen LogP contribution in [0.15, 0.2) is 24.5 Å². The van der Waals surface area contributed by atoms with Crippen LogP contribution in [-0.4, -0.2) is 9.97 Å². The minimum absolute atomic E-state index is 0.214. The van der Waals surface area contributed by atoms with Crippen molar-refractivity contribution in [3.63, 3.8) is 0 Å². The highest BCUT2D eigenvalue weighted by atomic mass is 14.8. The fourth-order valence-corrected chi connectivity index (χ4v) is 1.56. The molecule has 0 saturated heterocycles. The van der Waals surface area contributed by atoms with Crippen LogP contribution in [-0.2, 0) is 0 Å². The number of rotatable bonds is 2. The first kappa shape index (κ1) is 9.23. The van der Waals surface area contributed by atoms with Crippen molar-refractivity contribution in [1.82, 2.24) is 9.97 Å². The predicted octanol–water partition coefficient (Wildman–Crippen LogP) is 2.44. The third-order valence-corrected chi connectivity index (χ3v) is 2.28. The van der Waals surface area contributed by atoms with Gasteiger partial charge in [-0.2, -0.15) is 5.26 Å². The molecule has 0 aromatic carbocycles. The van der Waals surface area contributed by atoms with E-state index in [-0.39, 0.29) is 6.42 Å². The average Bonchev–Trinajstić information content (AvgIpc) is 2.70. The normalized spacial score (nSPS) is 11.9. The number of hydrogen-bond donors (Lipinski definition) is 1. The van der Waals surface area contributed by atoms with Crippen LogP contribution in [0.1, 0.15) is 18.0 Å². The summed E-state index contributed by atoms with van der Waals surface area (Å²) >= 11 is 0. The molecule has 0 radical (unpaired) electrons. The van der Waals surface area contributed by atoms with Crippen LogP contribution in [0, 0.1) is 17.9 Å². The lowest BCUT2D eigenvalue weighted by molar-refractivity contribution is 0.875. The van der Waals surface area contributed by atoms with Gasteiger partial charge in [-0.25, -0.2) is 11.6 Å². The van der Waals surface area contributed by atoms with Gasteiger partial charge in [-0.1, -0.05) is 0 Å². The summed E-state index contributed by atoms with van der Waals surface area (Å²) in [7, 11) is 0. The fraction of sp³-hybridized carbons (Fsp3) is 0.182. The van der Waals surface area contributed by atoms with Gasteiger partial charge in [-0.3, -0.25) is 0 Å². The molecule has 0 aliphatic carbocycles. The van der Waals surface area contributed by atoms with Gasteiger partial charge in [-0.15, -0.1) is 0 Å². The van der Waals surface area contributed by atoms with Crippen molar-refractivity contribution in [1.29, 1.82) is 5.26 Å². The van der Waals surface area contributed by atoms with Crippen molar-refractivity contribution < 1.29 is 0 Å². The van der Waals surface area contributed by atoms with Crippen LogP contribution < -0.4 is 0 Å². The number of pyridine rings is 1. The van der Waals surface area contributed by atoms with Crippen molar-refractivity contribution in [3.05, 3.63) is 41.5 Å². The molecule has 0 saturated carbocycles.